The lowest BCUT2D eigenvalue weighted by Crippen LogP contribution is -2.14. The van der Waals surface area contributed by atoms with Crippen LogP contribution in [-0.4, -0.2) is 42.0 Å². The van der Waals surface area contributed by atoms with E-state index >= 15 is 0 Å². The van der Waals surface area contributed by atoms with E-state index in [1.807, 2.05) is 12.4 Å². The molecule has 0 bridgehead atoms. The molecule has 2 heterocycles. The molecule has 2 aromatic rings. The second-order valence-electron chi connectivity index (χ2n) is 8.79. The second-order valence-corrected chi connectivity index (χ2v) is 8.79. The van der Waals surface area contributed by atoms with Gasteiger partial charge in [0.2, 0.25) is 0 Å². The maximum absolute atomic E-state index is 8.68. The number of nitrogens with zero attached hydrogens (tertiary/aromatic N) is 2. The molecule has 2 fully saturated rings. The van der Waals surface area contributed by atoms with Gasteiger partial charge in [-0.2, -0.15) is 0 Å². The number of ether oxygens (including phenoxy) is 1. The van der Waals surface area contributed by atoms with Crippen molar-refractivity contribution in [2.75, 3.05) is 26.3 Å². The summed E-state index contributed by atoms with van der Waals surface area (Å²) in [7, 11) is 0. The van der Waals surface area contributed by atoms with Crippen molar-refractivity contribution in [3.05, 3.63) is 41.9 Å². The number of nitrogens with one attached hydrogen (secondary N) is 2. The van der Waals surface area contributed by atoms with E-state index in [2.05, 4.69) is 28.5 Å². The third-order valence-electron chi connectivity index (χ3n) is 6.33. The summed E-state index contributed by atoms with van der Waals surface area (Å²) in [5.74, 6) is 0.896. The minimum Gasteiger partial charge on any atom is -0.390 e. The summed E-state index contributed by atoms with van der Waals surface area (Å²) in [6.07, 6.45) is 12.7. The highest BCUT2D eigenvalue weighted by atomic mass is 16.5. The first kappa shape index (κ1) is 21.9. The minimum absolute atomic E-state index is 0.365. The SMILES string of the molecule is N=C(/C(=C\NCCCCCCN)c1cnc2ccc(C3CCOCC3)cc2n1)C1CC1. The van der Waals surface area contributed by atoms with Crippen LogP contribution in [0.3, 0.4) is 0 Å². The molecule has 31 heavy (non-hydrogen) atoms. The molecule has 2 aliphatic rings. The van der Waals surface area contributed by atoms with Crippen LogP contribution in [0.5, 0.6) is 0 Å². The first-order valence-electron chi connectivity index (χ1n) is 11.8. The zero-order valence-corrected chi connectivity index (χ0v) is 18.4. The highest BCUT2D eigenvalue weighted by molar-refractivity contribution is 6.23. The fraction of sp³-hybridized carbons (Fsp3) is 0.560. The number of fused-ring (bicyclic) bond motifs is 1. The van der Waals surface area contributed by atoms with Crippen LogP contribution in [-0.2, 0) is 4.74 Å². The van der Waals surface area contributed by atoms with Gasteiger partial charge in [-0.05, 0) is 68.7 Å². The van der Waals surface area contributed by atoms with Crippen molar-refractivity contribution in [3.63, 3.8) is 0 Å². The van der Waals surface area contributed by atoms with Gasteiger partial charge in [0.05, 0.1) is 22.9 Å². The average Bonchev–Trinajstić information content (AvgIpc) is 3.66. The topological polar surface area (TPSA) is 96.9 Å². The van der Waals surface area contributed by atoms with Crippen molar-refractivity contribution in [3.8, 4) is 0 Å². The van der Waals surface area contributed by atoms with Gasteiger partial charge in [0.25, 0.3) is 0 Å². The number of nitrogens with two attached hydrogens (primary N) is 1. The Bertz CT molecular complexity index is 915. The van der Waals surface area contributed by atoms with Crippen LogP contribution in [0, 0.1) is 11.3 Å². The molecule has 0 spiro atoms. The molecule has 1 saturated heterocycles. The Morgan fingerprint density at radius 1 is 1.10 bits per heavy atom. The van der Waals surface area contributed by atoms with Crippen molar-refractivity contribution in [2.24, 2.45) is 11.7 Å². The molecule has 1 saturated carbocycles. The number of hydrogen-bond acceptors (Lipinski definition) is 6. The summed E-state index contributed by atoms with van der Waals surface area (Å²) in [5, 5.41) is 12.1. The largest absolute Gasteiger partial charge is 0.390 e. The molecule has 166 valence electrons. The van der Waals surface area contributed by atoms with Crippen molar-refractivity contribution in [1.29, 1.82) is 5.41 Å². The summed E-state index contributed by atoms with van der Waals surface area (Å²) in [4.78, 5) is 9.61. The van der Waals surface area contributed by atoms with Crippen LogP contribution in [0.25, 0.3) is 16.6 Å². The van der Waals surface area contributed by atoms with Gasteiger partial charge in [0.1, 0.15) is 0 Å². The van der Waals surface area contributed by atoms with Gasteiger partial charge < -0.3 is 21.2 Å². The van der Waals surface area contributed by atoms with E-state index in [4.69, 9.17) is 20.9 Å². The van der Waals surface area contributed by atoms with Gasteiger partial charge in [0, 0.05) is 43.2 Å². The Kier molecular flexibility index (Phi) is 7.65. The Hall–Kier alpha value is -2.31. The van der Waals surface area contributed by atoms with Crippen LogP contribution in [0.15, 0.2) is 30.6 Å². The zero-order chi connectivity index (χ0) is 21.5. The number of allylic oxidation sites excluding steroid dienone is 1. The second kappa shape index (κ2) is 10.8. The molecule has 6 heteroatoms. The van der Waals surface area contributed by atoms with E-state index in [1.165, 1.54) is 18.4 Å². The molecule has 4 N–H and O–H groups in total. The normalized spacial score (nSPS) is 17.8. The van der Waals surface area contributed by atoms with Gasteiger partial charge in [-0.3, -0.25) is 4.98 Å². The Balaban J connectivity index is 1.51. The molecule has 1 aromatic carbocycles. The molecule has 1 aliphatic heterocycles. The lowest BCUT2D eigenvalue weighted by atomic mass is 9.91. The Labute approximate surface area is 185 Å². The highest BCUT2D eigenvalue weighted by Crippen LogP contribution is 2.35. The van der Waals surface area contributed by atoms with Crippen LogP contribution in [0.4, 0.5) is 0 Å². The van der Waals surface area contributed by atoms with Gasteiger partial charge in [-0.15, -0.1) is 0 Å². The molecule has 0 radical (unpaired) electrons. The van der Waals surface area contributed by atoms with E-state index in [0.717, 1.165) is 87.1 Å². The van der Waals surface area contributed by atoms with E-state index < -0.39 is 0 Å². The number of aromatic nitrogens is 2. The van der Waals surface area contributed by atoms with Gasteiger partial charge in [-0.1, -0.05) is 18.9 Å². The molecular weight excluding hydrogens is 386 g/mol. The van der Waals surface area contributed by atoms with Crippen molar-refractivity contribution in [2.45, 2.75) is 57.3 Å². The standard InChI is InChI=1S/C25H35N5O/c26-11-3-1-2-4-12-28-16-21(25(27)19-5-6-19)24-17-29-22-8-7-20(15-23(22)30-24)18-9-13-31-14-10-18/h7-8,15-19,27-28H,1-6,9-14,26H2/b21-16-,27-25?. The number of unbranched alkanes of at least 4 members (excludes halogenated alkanes) is 3. The summed E-state index contributed by atoms with van der Waals surface area (Å²) >= 11 is 0. The third-order valence-corrected chi connectivity index (χ3v) is 6.33. The van der Waals surface area contributed by atoms with E-state index in [1.54, 1.807) is 0 Å². The van der Waals surface area contributed by atoms with Crippen molar-refractivity contribution in [1.82, 2.24) is 15.3 Å². The van der Waals surface area contributed by atoms with E-state index in [0.29, 0.717) is 17.5 Å². The Morgan fingerprint density at radius 2 is 1.90 bits per heavy atom. The number of rotatable bonds is 11. The number of benzene rings is 1. The fourth-order valence-electron chi connectivity index (χ4n) is 4.22. The van der Waals surface area contributed by atoms with Gasteiger partial charge in [0.15, 0.2) is 0 Å². The van der Waals surface area contributed by atoms with Crippen molar-refractivity contribution >= 4 is 22.3 Å². The minimum atomic E-state index is 0.365. The lowest BCUT2D eigenvalue weighted by Gasteiger charge is -2.22. The molecule has 0 unspecified atom stereocenters. The van der Waals surface area contributed by atoms with Crippen LogP contribution >= 0.6 is 0 Å². The zero-order valence-electron chi connectivity index (χ0n) is 18.4. The monoisotopic (exact) mass is 421 g/mol. The fourth-order valence-corrected chi connectivity index (χ4v) is 4.22. The highest BCUT2D eigenvalue weighted by Gasteiger charge is 2.29. The first-order valence-corrected chi connectivity index (χ1v) is 11.8. The molecular formula is C25H35N5O. The quantitative estimate of drug-likeness (QED) is 0.369. The summed E-state index contributed by atoms with van der Waals surface area (Å²) in [6.45, 7) is 3.34. The molecule has 6 nitrogen and oxygen atoms in total. The summed E-state index contributed by atoms with van der Waals surface area (Å²) < 4.78 is 5.52. The smallest absolute Gasteiger partial charge is 0.0925 e. The van der Waals surface area contributed by atoms with Crippen molar-refractivity contribution < 1.29 is 4.74 Å². The molecule has 0 amide bonds. The first-order chi connectivity index (χ1) is 15.3. The molecule has 0 atom stereocenters. The summed E-state index contributed by atoms with van der Waals surface area (Å²) in [6, 6.07) is 6.44. The average molecular weight is 422 g/mol. The molecule has 1 aromatic heterocycles. The number of hydrogen-bond donors (Lipinski definition) is 3. The van der Waals surface area contributed by atoms with E-state index in [9.17, 15) is 0 Å². The molecule has 1 aliphatic carbocycles. The lowest BCUT2D eigenvalue weighted by molar-refractivity contribution is 0.0853. The van der Waals surface area contributed by atoms with E-state index in [-0.39, 0.29) is 0 Å². The predicted molar refractivity (Wildman–Crippen MR) is 126 cm³/mol. The maximum Gasteiger partial charge on any atom is 0.0925 e. The van der Waals surface area contributed by atoms with Crippen LogP contribution in [0.2, 0.25) is 0 Å². The van der Waals surface area contributed by atoms with Gasteiger partial charge in [-0.25, -0.2) is 4.98 Å². The van der Waals surface area contributed by atoms with Crippen LogP contribution < -0.4 is 11.1 Å². The maximum atomic E-state index is 8.68. The Morgan fingerprint density at radius 3 is 2.68 bits per heavy atom. The third kappa shape index (κ3) is 5.89. The predicted octanol–water partition coefficient (Wildman–Crippen LogP) is 4.40. The van der Waals surface area contributed by atoms with Gasteiger partial charge >= 0.3 is 0 Å². The molecule has 4 rings (SSSR count). The van der Waals surface area contributed by atoms with Crippen LogP contribution in [0.1, 0.15) is 68.5 Å². The summed E-state index contributed by atoms with van der Waals surface area (Å²) in [5.41, 5.74) is 11.1.